The standard InChI is InChI=1S/C22H15F3O/c23-22(24,25)19-13-7-12-18(15-19)20(14-16-8-3-1-4-9-16)21(26)17-10-5-2-6-11-17/h1-15H. The lowest BCUT2D eigenvalue weighted by molar-refractivity contribution is -0.137. The van der Waals surface area contributed by atoms with Crippen molar-refractivity contribution in [1.29, 1.82) is 0 Å². The third-order valence-corrected chi connectivity index (χ3v) is 3.89. The number of carbonyl (C=O) groups excluding carboxylic acids is 1. The van der Waals surface area contributed by atoms with Crippen LogP contribution in [0.15, 0.2) is 84.9 Å². The fourth-order valence-electron chi connectivity index (χ4n) is 2.60. The Bertz CT molecular complexity index is 926. The molecule has 0 atom stereocenters. The molecule has 0 bridgehead atoms. The first-order valence-electron chi connectivity index (χ1n) is 7.99. The average Bonchev–Trinajstić information content (AvgIpc) is 2.66. The number of Topliss-reactive ketones (excluding diaryl/α,β-unsaturated/α-hetero) is 1. The molecule has 0 N–H and O–H groups in total. The summed E-state index contributed by atoms with van der Waals surface area (Å²) in [6.07, 6.45) is -2.85. The minimum absolute atomic E-state index is 0.216. The molecular formula is C22H15F3O. The molecule has 4 heteroatoms. The molecule has 0 aliphatic rings. The molecule has 0 aliphatic carbocycles. The highest BCUT2D eigenvalue weighted by Crippen LogP contribution is 2.32. The maximum absolute atomic E-state index is 13.1. The van der Waals surface area contributed by atoms with Crippen molar-refractivity contribution in [2.24, 2.45) is 0 Å². The van der Waals surface area contributed by atoms with Gasteiger partial charge in [0, 0.05) is 11.1 Å². The maximum Gasteiger partial charge on any atom is 0.416 e. The smallest absolute Gasteiger partial charge is 0.289 e. The van der Waals surface area contributed by atoms with Crippen LogP contribution in [0.25, 0.3) is 11.6 Å². The molecule has 130 valence electrons. The van der Waals surface area contributed by atoms with Crippen molar-refractivity contribution in [3.05, 3.63) is 107 Å². The monoisotopic (exact) mass is 352 g/mol. The molecule has 1 nitrogen and oxygen atoms in total. The predicted molar refractivity (Wildman–Crippen MR) is 96.5 cm³/mol. The predicted octanol–water partition coefficient (Wildman–Crippen LogP) is 6.13. The van der Waals surface area contributed by atoms with E-state index in [1.165, 1.54) is 12.1 Å². The zero-order chi connectivity index (χ0) is 18.6. The van der Waals surface area contributed by atoms with E-state index in [0.29, 0.717) is 5.56 Å². The first-order chi connectivity index (χ1) is 12.4. The van der Waals surface area contributed by atoms with Crippen LogP contribution in [0.5, 0.6) is 0 Å². The molecule has 0 saturated carbocycles. The van der Waals surface area contributed by atoms with Crippen molar-refractivity contribution >= 4 is 17.4 Å². The number of alkyl halides is 3. The van der Waals surface area contributed by atoms with Crippen molar-refractivity contribution in [2.45, 2.75) is 6.18 Å². The van der Waals surface area contributed by atoms with E-state index in [-0.39, 0.29) is 16.9 Å². The van der Waals surface area contributed by atoms with E-state index in [1.807, 2.05) is 18.2 Å². The van der Waals surface area contributed by atoms with Gasteiger partial charge in [0.25, 0.3) is 0 Å². The fourth-order valence-corrected chi connectivity index (χ4v) is 2.60. The summed E-state index contributed by atoms with van der Waals surface area (Å²) in [5.74, 6) is -0.325. The van der Waals surface area contributed by atoms with Crippen molar-refractivity contribution in [3.63, 3.8) is 0 Å². The van der Waals surface area contributed by atoms with Crippen molar-refractivity contribution in [1.82, 2.24) is 0 Å². The molecule has 3 aromatic rings. The largest absolute Gasteiger partial charge is 0.416 e. The molecule has 0 heterocycles. The van der Waals surface area contributed by atoms with Gasteiger partial charge < -0.3 is 0 Å². The summed E-state index contributed by atoms with van der Waals surface area (Å²) in [6.45, 7) is 0. The SMILES string of the molecule is O=C(C(=Cc1ccccc1)c1cccc(C(F)(F)F)c1)c1ccccc1. The van der Waals surface area contributed by atoms with Crippen LogP contribution in [0, 0.1) is 0 Å². The van der Waals surface area contributed by atoms with Gasteiger partial charge in [-0.05, 0) is 29.3 Å². The van der Waals surface area contributed by atoms with E-state index in [9.17, 15) is 18.0 Å². The van der Waals surface area contributed by atoms with Gasteiger partial charge in [0.2, 0.25) is 0 Å². The van der Waals surface area contributed by atoms with Gasteiger partial charge in [0.05, 0.1) is 5.56 Å². The lowest BCUT2D eigenvalue weighted by atomic mass is 9.93. The topological polar surface area (TPSA) is 17.1 Å². The Morgan fingerprint density at radius 2 is 1.31 bits per heavy atom. The molecule has 0 radical (unpaired) electrons. The number of benzene rings is 3. The van der Waals surface area contributed by atoms with Crippen LogP contribution in [0.1, 0.15) is 27.0 Å². The second-order valence-corrected chi connectivity index (χ2v) is 5.74. The summed E-state index contributed by atoms with van der Waals surface area (Å²) in [4.78, 5) is 13.0. The third kappa shape index (κ3) is 4.09. The number of hydrogen-bond acceptors (Lipinski definition) is 1. The van der Waals surface area contributed by atoms with Gasteiger partial charge >= 0.3 is 6.18 Å². The molecule has 0 spiro atoms. The Hall–Kier alpha value is -3.14. The first kappa shape index (κ1) is 17.7. The van der Waals surface area contributed by atoms with Gasteiger partial charge in [-0.15, -0.1) is 0 Å². The highest BCUT2D eigenvalue weighted by molar-refractivity contribution is 6.32. The number of carbonyl (C=O) groups is 1. The van der Waals surface area contributed by atoms with E-state index in [2.05, 4.69) is 0 Å². The molecular weight excluding hydrogens is 337 g/mol. The van der Waals surface area contributed by atoms with Crippen molar-refractivity contribution in [2.75, 3.05) is 0 Å². The Morgan fingerprint density at radius 3 is 1.92 bits per heavy atom. The molecule has 0 aliphatic heterocycles. The van der Waals surface area contributed by atoms with Crippen LogP contribution in [-0.2, 0) is 6.18 Å². The molecule has 0 amide bonds. The van der Waals surface area contributed by atoms with E-state index >= 15 is 0 Å². The second-order valence-electron chi connectivity index (χ2n) is 5.74. The fraction of sp³-hybridized carbons (Fsp3) is 0.0455. The molecule has 0 aromatic heterocycles. The summed E-state index contributed by atoms with van der Waals surface area (Å²) in [5, 5.41) is 0. The van der Waals surface area contributed by atoms with Crippen LogP contribution in [-0.4, -0.2) is 5.78 Å². The number of allylic oxidation sites excluding steroid dienone is 1. The molecule has 0 saturated heterocycles. The van der Waals surface area contributed by atoms with Crippen LogP contribution in [0.4, 0.5) is 13.2 Å². The summed E-state index contributed by atoms with van der Waals surface area (Å²) in [5.41, 5.74) is 0.831. The van der Waals surface area contributed by atoms with E-state index < -0.39 is 11.7 Å². The minimum Gasteiger partial charge on any atom is -0.289 e. The van der Waals surface area contributed by atoms with E-state index in [0.717, 1.165) is 17.7 Å². The Balaban J connectivity index is 2.13. The number of halogens is 3. The highest BCUT2D eigenvalue weighted by Gasteiger charge is 2.31. The minimum atomic E-state index is -4.47. The van der Waals surface area contributed by atoms with Crippen LogP contribution in [0.2, 0.25) is 0 Å². The van der Waals surface area contributed by atoms with Crippen molar-refractivity contribution < 1.29 is 18.0 Å². The highest BCUT2D eigenvalue weighted by atomic mass is 19.4. The van der Waals surface area contributed by atoms with Crippen LogP contribution < -0.4 is 0 Å². The molecule has 0 unspecified atom stereocenters. The van der Waals surface area contributed by atoms with E-state index in [4.69, 9.17) is 0 Å². The quantitative estimate of drug-likeness (QED) is 0.314. The third-order valence-electron chi connectivity index (χ3n) is 3.89. The molecule has 3 rings (SSSR count). The normalized spacial score (nSPS) is 12.0. The van der Waals surface area contributed by atoms with Gasteiger partial charge in [-0.3, -0.25) is 4.79 Å². The van der Waals surface area contributed by atoms with Crippen molar-refractivity contribution in [3.8, 4) is 0 Å². The van der Waals surface area contributed by atoms with Gasteiger partial charge in [-0.25, -0.2) is 0 Å². The Labute approximate surface area is 149 Å². The average molecular weight is 352 g/mol. The van der Waals surface area contributed by atoms with Gasteiger partial charge in [-0.2, -0.15) is 13.2 Å². The second kappa shape index (κ2) is 7.40. The molecule has 3 aromatic carbocycles. The summed E-state index contributed by atoms with van der Waals surface area (Å²) in [6, 6.07) is 22.4. The molecule has 26 heavy (non-hydrogen) atoms. The van der Waals surface area contributed by atoms with E-state index in [1.54, 1.807) is 48.5 Å². The van der Waals surface area contributed by atoms with Crippen LogP contribution in [0.3, 0.4) is 0 Å². The summed E-state index contributed by atoms with van der Waals surface area (Å²) >= 11 is 0. The lowest BCUT2D eigenvalue weighted by Gasteiger charge is -2.12. The first-order valence-corrected chi connectivity index (χ1v) is 7.99. The summed E-state index contributed by atoms with van der Waals surface area (Å²) < 4.78 is 39.2. The Morgan fingerprint density at radius 1 is 0.731 bits per heavy atom. The van der Waals surface area contributed by atoms with Gasteiger partial charge in [0.15, 0.2) is 5.78 Å². The molecule has 0 fully saturated rings. The lowest BCUT2D eigenvalue weighted by Crippen LogP contribution is -2.07. The van der Waals surface area contributed by atoms with Gasteiger partial charge in [0.1, 0.15) is 0 Å². The number of hydrogen-bond donors (Lipinski definition) is 0. The number of rotatable bonds is 4. The Kier molecular flexibility index (Phi) is 5.03. The maximum atomic E-state index is 13.1. The zero-order valence-electron chi connectivity index (χ0n) is 13.7. The number of ketones is 1. The zero-order valence-corrected chi connectivity index (χ0v) is 13.7. The summed E-state index contributed by atoms with van der Waals surface area (Å²) in [7, 11) is 0. The van der Waals surface area contributed by atoms with Crippen LogP contribution >= 0.6 is 0 Å². The van der Waals surface area contributed by atoms with Gasteiger partial charge in [-0.1, -0.05) is 72.8 Å².